The summed E-state index contributed by atoms with van der Waals surface area (Å²) in [7, 11) is -0.0437. The van der Waals surface area contributed by atoms with Crippen LogP contribution in [0.2, 0.25) is 0 Å². The molecule has 0 spiro atoms. The molecule has 3 heterocycles. The lowest BCUT2D eigenvalue weighted by Crippen LogP contribution is -2.29. The van der Waals surface area contributed by atoms with Gasteiger partial charge in [-0.3, -0.25) is 14.4 Å². The average molecular weight is 557 g/mol. The second-order valence-electron chi connectivity index (χ2n) is 9.93. The quantitative estimate of drug-likeness (QED) is 0.316. The van der Waals surface area contributed by atoms with E-state index in [1.54, 1.807) is 48.3 Å². The van der Waals surface area contributed by atoms with Gasteiger partial charge < -0.3 is 9.64 Å². The summed E-state index contributed by atoms with van der Waals surface area (Å²) in [6.07, 6.45) is 11.0. The number of rotatable bonds is 7. The van der Waals surface area contributed by atoms with Gasteiger partial charge in [-0.2, -0.15) is 5.10 Å². The second kappa shape index (κ2) is 11.0. The van der Waals surface area contributed by atoms with Gasteiger partial charge in [-0.05, 0) is 62.2 Å². The summed E-state index contributed by atoms with van der Waals surface area (Å²) in [5, 5.41) is 4.23. The van der Waals surface area contributed by atoms with Crippen molar-refractivity contribution in [3.8, 4) is 17.0 Å². The number of aryl methyl sites for hydroxylation is 1. The summed E-state index contributed by atoms with van der Waals surface area (Å²) in [5.74, 6) is 0.558. The van der Waals surface area contributed by atoms with Gasteiger partial charge in [0.25, 0.3) is 10.0 Å². The Morgan fingerprint density at radius 2 is 1.88 bits per heavy atom. The number of nitrogens with zero attached hydrogens (tertiary/aromatic N) is 5. The molecular formula is C30H32N6O3S. The van der Waals surface area contributed by atoms with Crippen molar-refractivity contribution >= 4 is 32.3 Å². The number of nitrogens with one attached hydrogen (secondary N) is 1. The van der Waals surface area contributed by atoms with Crippen molar-refractivity contribution in [2.75, 3.05) is 25.1 Å². The first-order valence-corrected chi connectivity index (χ1v) is 14.4. The van der Waals surface area contributed by atoms with Crippen LogP contribution in [0, 0.1) is 0 Å². The molecule has 0 bridgehead atoms. The molecule has 2 aromatic heterocycles. The van der Waals surface area contributed by atoms with Crippen molar-refractivity contribution in [2.45, 2.75) is 25.7 Å². The van der Waals surface area contributed by atoms with E-state index in [9.17, 15) is 8.42 Å². The molecule has 4 aromatic rings. The maximum atomic E-state index is 13.4. The lowest BCUT2D eigenvalue weighted by molar-refractivity contribution is 0.310. The fraction of sp³-hybridized carbons (Fsp3) is 0.233. The van der Waals surface area contributed by atoms with Crippen molar-refractivity contribution in [1.82, 2.24) is 24.5 Å². The van der Waals surface area contributed by atoms with Gasteiger partial charge in [-0.25, -0.2) is 13.4 Å². The third-order valence-electron chi connectivity index (χ3n) is 6.53. The van der Waals surface area contributed by atoms with E-state index in [1.807, 2.05) is 69.4 Å². The molecule has 0 radical (unpaired) electrons. The summed E-state index contributed by atoms with van der Waals surface area (Å²) in [4.78, 5) is 11.6. The van der Waals surface area contributed by atoms with Crippen LogP contribution in [0.5, 0.6) is 5.75 Å². The topological polar surface area (TPSA) is 102 Å². The minimum atomic E-state index is -3.86. The number of anilines is 1. The molecule has 9 nitrogen and oxygen atoms in total. The second-order valence-corrected chi connectivity index (χ2v) is 11.6. The Morgan fingerprint density at radius 3 is 2.60 bits per heavy atom. The van der Waals surface area contributed by atoms with E-state index in [0.29, 0.717) is 18.1 Å². The highest BCUT2D eigenvalue weighted by Gasteiger charge is 2.21. The van der Waals surface area contributed by atoms with Gasteiger partial charge in [-0.15, -0.1) is 0 Å². The molecule has 206 valence electrons. The summed E-state index contributed by atoms with van der Waals surface area (Å²) in [6.45, 7) is 7.06. The summed E-state index contributed by atoms with van der Waals surface area (Å²) >= 11 is 0. The van der Waals surface area contributed by atoms with Crippen LogP contribution in [0.4, 0.5) is 5.69 Å². The molecule has 5 rings (SSSR count). The number of hydrogen-bond donors (Lipinski definition) is 1. The molecule has 10 heteroatoms. The molecule has 0 amide bonds. The van der Waals surface area contributed by atoms with Crippen molar-refractivity contribution in [2.24, 2.45) is 7.05 Å². The molecule has 1 aliphatic heterocycles. The average Bonchev–Trinajstić information content (AvgIpc) is 3.37. The van der Waals surface area contributed by atoms with Crippen LogP contribution in [-0.4, -0.2) is 48.4 Å². The number of allylic oxidation sites excluding steroid dienone is 5. The van der Waals surface area contributed by atoms with E-state index < -0.39 is 10.0 Å². The van der Waals surface area contributed by atoms with Crippen LogP contribution in [0.15, 0.2) is 89.4 Å². The largest absolute Gasteiger partial charge is 0.490 e. The van der Waals surface area contributed by atoms with E-state index >= 15 is 0 Å². The summed E-state index contributed by atoms with van der Waals surface area (Å²) in [5.41, 5.74) is 7.20. The number of fused-ring (bicyclic) bond motifs is 2. The van der Waals surface area contributed by atoms with Gasteiger partial charge in [0.05, 0.1) is 46.2 Å². The maximum Gasteiger partial charge on any atom is 0.262 e. The lowest BCUT2D eigenvalue weighted by Gasteiger charge is -2.27. The number of aromatic nitrogens is 4. The van der Waals surface area contributed by atoms with E-state index in [2.05, 4.69) is 14.8 Å². The minimum Gasteiger partial charge on any atom is -0.490 e. The number of sulfonamides is 1. The fourth-order valence-electron chi connectivity index (χ4n) is 4.46. The first-order valence-electron chi connectivity index (χ1n) is 12.9. The SMILES string of the molecule is C/C=C(\C=C(/C=C(C)C)c1ccc2ncc(-c3cnn(C)c3)nc2c1)NS(=O)(=O)c1ccc2c(c1)OCCN2C. The highest BCUT2D eigenvalue weighted by molar-refractivity contribution is 7.89. The molecular weight excluding hydrogens is 524 g/mol. The Bertz CT molecular complexity index is 1780. The van der Waals surface area contributed by atoms with Gasteiger partial charge in [0.15, 0.2) is 0 Å². The molecule has 1 N–H and O–H groups in total. The van der Waals surface area contributed by atoms with E-state index in [1.165, 1.54) is 0 Å². The van der Waals surface area contributed by atoms with Crippen LogP contribution in [0.1, 0.15) is 26.3 Å². The van der Waals surface area contributed by atoms with Crippen LogP contribution < -0.4 is 14.4 Å². The standard InChI is InChI=1S/C30H32N6O3S/c1-6-24(34-40(37,38)25-8-10-29-30(16-25)39-12-11-35(29)4)14-22(13-20(2)3)21-7-9-26-27(15-21)33-28(18-31-26)23-17-32-36(5)19-23/h6-10,13-19,34H,11-12H2,1-5H3/b22-14+,24-6+. The van der Waals surface area contributed by atoms with Crippen LogP contribution in [0.25, 0.3) is 27.9 Å². The summed E-state index contributed by atoms with van der Waals surface area (Å²) in [6, 6.07) is 10.8. The zero-order chi connectivity index (χ0) is 28.4. The van der Waals surface area contributed by atoms with E-state index in [-0.39, 0.29) is 4.90 Å². The van der Waals surface area contributed by atoms with Gasteiger partial charge in [-0.1, -0.05) is 23.8 Å². The van der Waals surface area contributed by atoms with Crippen LogP contribution in [-0.2, 0) is 17.1 Å². The molecule has 0 saturated heterocycles. The van der Waals surface area contributed by atoms with Gasteiger partial charge in [0, 0.05) is 37.6 Å². The fourth-order valence-corrected chi connectivity index (χ4v) is 5.58. The number of ether oxygens (including phenoxy) is 1. The highest BCUT2D eigenvalue weighted by atomic mass is 32.2. The monoisotopic (exact) mass is 556 g/mol. The third-order valence-corrected chi connectivity index (χ3v) is 7.91. The Morgan fingerprint density at radius 1 is 1.05 bits per heavy atom. The number of hydrogen-bond acceptors (Lipinski definition) is 7. The zero-order valence-electron chi connectivity index (χ0n) is 23.2. The Kier molecular flexibility index (Phi) is 7.44. The lowest BCUT2D eigenvalue weighted by atomic mass is 10.0. The van der Waals surface area contributed by atoms with E-state index in [4.69, 9.17) is 9.72 Å². The molecule has 0 atom stereocenters. The maximum absolute atomic E-state index is 13.4. The first-order chi connectivity index (χ1) is 19.1. The molecule has 0 saturated carbocycles. The Hall–Kier alpha value is -4.44. The van der Waals surface area contributed by atoms with Gasteiger partial charge >= 0.3 is 0 Å². The van der Waals surface area contributed by atoms with Gasteiger partial charge in [0.1, 0.15) is 12.4 Å². The third kappa shape index (κ3) is 5.76. The highest BCUT2D eigenvalue weighted by Crippen LogP contribution is 2.33. The van der Waals surface area contributed by atoms with Crippen molar-refractivity contribution in [1.29, 1.82) is 0 Å². The smallest absolute Gasteiger partial charge is 0.262 e. The normalized spacial score (nSPS) is 14.1. The molecule has 0 fully saturated rings. The predicted molar refractivity (Wildman–Crippen MR) is 158 cm³/mol. The van der Waals surface area contributed by atoms with Gasteiger partial charge in [0.2, 0.25) is 0 Å². The number of likely N-dealkylation sites (N-methyl/N-ethyl adjacent to an activating group) is 1. The first kappa shape index (κ1) is 27.1. The molecule has 2 aromatic carbocycles. The predicted octanol–water partition coefficient (Wildman–Crippen LogP) is 5.09. The van der Waals surface area contributed by atoms with Crippen LogP contribution in [0.3, 0.4) is 0 Å². The molecule has 1 aliphatic rings. The minimum absolute atomic E-state index is 0.141. The van der Waals surface area contributed by atoms with Crippen molar-refractivity contribution in [3.05, 3.63) is 90.1 Å². The zero-order valence-corrected chi connectivity index (χ0v) is 24.0. The molecule has 0 unspecified atom stereocenters. The van der Waals surface area contributed by atoms with E-state index in [0.717, 1.165) is 51.2 Å². The Balaban J connectivity index is 1.49. The molecule has 0 aliphatic carbocycles. The summed E-state index contributed by atoms with van der Waals surface area (Å²) < 4.78 is 36.9. The van der Waals surface area contributed by atoms with Crippen molar-refractivity contribution < 1.29 is 13.2 Å². The van der Waals surface area contributed by atoms with Crippen molar-refractivity contribution in [3.63, 3.8) is 0 Å². The number of benzene rings is 2. The van der Waals surface area contributed by atoms with Crippen LogP contribution >= 0.6 is 0 Å². The Labute approximate surface area is 234 Å². The molecule has 40 heavy (non-hydrogen) atoms.